The number of hydrogen-bond acceptors (Lipinski definition) is 1. The Balaban J connectivity index is 2.13. The monoisotopic (exact) mass is 276 g/mol. The lowest BCUT2D eigenvalue weighted by atomic mass is 9.99. The Bertz CT molecular complexity index is 687. The zero-order chi connectivity index (χ0) is 13.8. The predicted molar refractivity (Wildman–Crippen MR) is 89.1 cm³/mol. The van der Waals surface area contributed by atoms with Crippen LogP contribution in [0.4, 0.5) is 0 Å². The van der Waals surface area contributed by atoms with Crippen molar-refractivity contribution < 1.29 is 0 Å². The van der Waals surface area contributed by atoms with Crippen LogP contribution >= 0.6 is 11.8 Å². The molecule has 0 aliphatic rings. The second kappa shape index (κ2) is 5.98. The van der Waals surface area contributed by atoms with Crippen LogP contribution in [0.15, 0.2) is 83.8 Å². The second-order valence-corrected chi connectivity index (χ2v) is 5.50. The Morgan fingerprint density at radius 3 is 1.80 bits per heavy atom. The zero-order valence-corrected chi connectivity index (χ0v) is 12.2. The van der Waals surface area contributed by atoms with E-state index in [1.165, 1.54) is 27.1 Å². The third-order valence-electron chi connectivity index (χ3n) is 3.39. The summed E-state index contributed by atoms with van der Waals surface area (Å²) in [6.07, 6.45) is 2.13. The molecule has 0 unspecified atom stereocenters. The predicted octanol–water partition coefficient (Wildman–Crippen LogP) is 5.74. The summed E-state index contributed by atoms with van der Waals surface area (Å²) >= 11 is 1.79. The van der Waals surface area contributed by atoms with Crippen LogP contribution in [0.2, 0.25) is 0 Å². The highest BCUT2D eigenvalue weighted by Gasteiger charge is 2.06. The molecule has 0 fully saturated rings. The highest BCUT2D eigenvalue weighted by atomic mass is 32.2. The first-order valence-electron chi connectivity index (χ1n) is 6.67. The van der Waals surface area contributed by atoms with Gasteiger partial charge < -0.3 is 0 Å². The third kappa shape index (κ3) is 2.63. The molecule has 0 amide bonds. The number of rotatable bonds is 3. The minimum Gasteiger partial charge on any atom is -0.129 e. The second-order valence-electron chi connectivity index (χ2n) is 4.65. The standard InChI is InChI=1S/C19H16S/c1-20-19-13-12-17(15-8-4-2-5-9-15)14-18(19)16-10-6-3-7-11-16/h2-14H,1H3. The summed E-state index contributed by atoms with van der Waals surface area (Å²) < 4.78 is 0. The van der Waals surface area contributed by atoms with E-state index >= 15 is 0 Å². The van der Waals surface area contributed by atoms with Crippen molar-refractivity contribution >= 4 is 11.8 Å². The molecule has 0 spiro atoms. The fourth-order valence-electron chi connectivity index (χ4n) is 2.36. The first-order chi connectivity index (χ1) is 9.88. The van der Waals surface area contributed by atoms with Crippen molar-refractivity contribution in [1.82, 2.24) is 0 Å². The van der Waals surface area contributed by atoms with Gasteiger partial charge in [-0.25, -0.2) is 0 Å². The van der Waals surface area contributed by atoms with Crippen molar-refractivity contribution in [2.24, 2.45) is 0 Å². The van der Waals surface area contributed by atoms with Crippen LogP contribution in [0.1, 0.15) is 0 Å². The third-order valence-corrected chi connectivity index (χ3v) is 4.19. The molecule has 0 N–H and O–H groups in total. The summed E-state index contributed by atoms with van der Waals surface area (Å²) in [6, 6.07) is 27.8. The van der Waals surface area contributed by atoms with Crippen molar-refractivity contribution in [3.63, 3.8) is 0 Å². The van der Waals surface area contributed by atoms with Gasteiger partial charge in [0.2, 0.25) is 0 Å². The molecule has 0 radical (unpaired) electrons. The molecular formula is C19H16S. The molecule has 0 saturated carbocycles. The van der Waals surface area contributed by atoms with Gasteiger partial charge in [0.1, 0.15) is 0 Å². The molecule has 0 nitrogen and oxygen atoms in total. The molecule has 20 heavy (non-hydrogen) atoms. The van der Waals surface area contributed by atoms with Gasteiger partial charge >= 0.3 is 0 Å². The van der Waals surface area contributed by atoms with Gasteiger partial charge in [0.25, 0.3) is 0 Å². The lowest BCUT2D eigenvalue weighted by Gasteiger charge is -2.11. The fraction of sp³-hybridized carbons (Fsp3) is 0.0526. The first-order valence-corrected chi connectivity index (χ1v) is 7.90. The zero-order valence-electron chi connectivity index (χ0n) is 11.4. The van der Waals surface area contributed by atoms with Gasteiger partial charge in [0.15, 0.2) is 0 Å². The SMILES string of the molecule is CSc1ccc(-c2ccccc2)cc1-c1ccccc1. The molecule has 0 aromatic heterocycles. The van der Waals surface area contributed by atoms with Gasteiger partial charge in [-0.2, -0.15) is 0 Å². The highest BCUT2D eigenvalue weighted by Crippen LogP contribution is 2.34. The number of hydrogen-bond donors (Lipinski definition) is 0. The van der Waals surface area contributed by atoms with Crippen LogP contribution < -0.4 is 0 Å². The summed E-state index contributed by atoms with van der Waals surface area (Å²) in [5.74, 6) is 0. The van der Waals surface area contributed by atoms with Crippen molar-refractivity contribution in [2.45, 2.75) is 4.90 Å². The summed E-state index contributed by atoms with van der Waals surface area (Å²) in [6.45, 7) is 0. The average Bonchev–Trinajstić information content (AvgIpc) is 2.56. The van der Waals surface area contributed by atoms with Crippen molar-refractivity contribution in [3.05, 3.63) is 78.9 Å². The molecule has 0 atom stereocenters. The van der Waals surface area contributed by atoms with Crippen LogP contribution in [0.5, 0.6) is 0 Å². The van der Waals surface area contributed by atoms with Crippen molar-refractivity contribution in [2.75, 3.05) is 6.26 Å². The van der Waals surface area contributed by atoms with E-state index in [0.29, 0.717) is 0 Å². The molecule has 3 aromatic carbocycles. The topological polar surface area (TPSA) is 0 Å². The average molecular weight is 276 g/mol. The number of benzene rings is 3. The van der Waals surface area contributed by atoms with Crippen LogP contribution in [0, 0.1) is 0 Å². The van der Waals surface area contributed by atoms with Crippen molar-refractivity contribution in [3.8, 4) is 22.3 Å². The minimum atomic E-state index is 1.26. The lowest BCUT2D eigenvalue weighted by molar-refractivity contribution is 1.44. The summed E-state index contributed by atoms with van der Waals surface area (Å²) in [5, 5.41) is 0. The van der Waals surface area contributed by atoms with Gasteiger partial charge in [-0.1, -0.05) is 66.7 Å². The molecular weight excluding hydrogens is 260 g/mol. The molecule has 0 aliphatic heterocycles. The van der Waals surface area contributed by atoms with Gasteiger partial charge in [0, 0.05) is 4.90 Å². The van der Waals surface area contributed by atoms with E-state index in [4.69, 9.17) is 0 Å². The van der Waals surface area contributed by atoms with Crippen molar-refractivity contribution in [1.29, 1.82) is 0 Å². The molecule has 0 saturated heterocycles. The molecule has 3 rings (SSSR count). The van der Waals surface area contributed by atoms with Gasteiger partial charge in [-0.15, -0.1) is 11.8 Å². The Hall–Kier alpha value is -1.99. The molecule has 0 aliphatic carbocycles. The van der Waals surface area contributed by atoms with E-state index in [1.54, 1.807) is 11.8 Å². The van der Waals surface area contributed by atoms with E-state index in [0.717, 1.165) is 0 Å². The summed E-state index contributed by atoms with van der Waals surface area (Å²) in [5.41, 5.74) is 5.11. The largest absolute Gasteiger partial charge is 0.129 e. The van der Waals surface area contributed by atoms with E-state index in [-0.39, 0.29) is 0 Å². The normalized spacial score (nSPS) is 10.4. The highest BCUT2D eigenvalue weighted by molar-refractivity contribution is 7.98. The fourth-order valence-corrected chi connectivity index (χ4v) is 2.96. The Kier molecular flexibility index (Phi) is 3.89. The summed E-state index contributed by atoms with van der Waals surface area (Å²) in [4.78, 5) is 1.32. The smallest absolute Gasteiger partial charge is 0.0148 e. The van der Waals surface area contributed by atoms with Gasteiger partial charge in [-0.3, -0.25) is 0 Å². The molecule has 3 aromatic rings. The maximum atomic E-state index is 2.29. The Morgan fingerprint density at radius 2 is 1.20 bits per heavy atom. The molecule has 0 heterocycles. The summed E-state index contributed by atoms with van der Waals surface area (Å²) in [7, 11) is 0. The van der Waals surface area contributed by atoms with E-state index in [1.807, 2.05) is 0 Å². The van der Waals surface area contributed by atoms with E-state index in [2.05, 4.69) is 85.1 Å². The molecule has 1 heteroatoms. The van der Waals surface area contributed by atoms with Crippen LogP contribution in [0.25, 0.3) is 22.3 Å². The van der Waals surface area contributed by atoms with E-state index in [9.17, 15) is 0 Å². The maximum Gasteiger partial charge on any atom is 0.0148 e. The van der Waals surface area contributed by atoms with Gasteiger partial charge in [-0.05, 0) is 40.6 Å². The van der Waals surface area contributed by atoms with Crippen LogP contribution in [0.3, 0.4) is 0 Å². The van der Waals surface area contributed by atoms with Gasteiger partial charge in [0.05, 0.1) is 0 Å². The molecule has 0 bridgehead atoms. The minimum absolute atomic E-state index is 1.26. The Morgan fingerprint density at radius 1 is 0.600 bits per heavy atom. The lowest BCUT2D eigenvalue weighted by Crippen LogP contribution is -1.84. The number of thioether (sulfide) groups is 1. The van der Waals surface area contributed by atoms with Crippen LogP contribution in [-0.2, 0) is 0 Å². The molecule has 98 valence electrons. The Labute approximate surface area is 124 Å². The maximum absolute atomic E-state index is 2.29. The van der Waals surface area contributed by atoms with Crippen LogP contribution in [-0.4, -0.2) is 6.26 Å². The van der Waals surface area contributed by atoms with E-state index < -0.39 is 0 Å². The quantitative estimate of drug-likeness (QED) is 0.549. The first kappa shape index (κ1) is 13.0.